The molecule has 1 heterocycles. The molecule has 0 amide bonds. The Morgan fingerprint density at radius 1 is 1.13 bits per heavy atom. The van der Waals surface area contributed by atoms with E-state index in [2.05, 4.69) is 93.6 Å². The monoisotopic (exact) mass is 308 g/mol. The first-order chi connectivity index (χ1) is 10.8. The molecule has 1 aliphatic heterocycles. The summed E-state index contributed by atoms with van der Waals surface area (Å²) in [5.74, 6) is 0. The molecule has 1 N–H and O–H groups in total. The molecule has 2 aromatic rings. The average molecular weight is 308 g/mol. The van der Waals surface area contributed by atoms with E-state index in [1.807, 2.05) is 0 Å². The molecule has 2 heteroatoms. The van der Waals surface area contributed by atoms with E-state index >= 15 is 0 Å². The van der Waals surface area contributed by atoms with Gasteiger partial charge in [0, 0.05) is 19.3 Å². The third-order valence-corrected chi connectivity index (χ3v) is 4.54. The van der Waals surface area contributed by atoms with Crippen molar-refractivity contribution in [2.45, 2.75) is 46.3 Å². The lowest BCUT2D eigenvalue weighted by Gasteiger charge is -2.36. The van der Waals surface area contributed by atoms with Crippen LogP contribution in [0.15, 0.2) is 42.6 Å². The SMILES string of the molecule is C[C@H](CC(C)(C)C)NC1c2ccc3ccccc3c2C=CN1C. The van der Waals surface area contributed by atoms with Crippen LogP contribution in [0.5, 0.6) is 0 Å². The van der Waals surface area contributed by atoms with Crippen LogP contribution in [0.25, 0.3) is 16.8 Å². The highest BCUT2D eigenvalue weighted by atomic mass is 15.2. The van der Waals surface area contributed by atoms with Crippen molar-refractivity contribution in [1.29, 1.82) is 0 Å². The van der Waals surface area contributed by atoms with Crippen LogP contribution in [0.4, 0.5) is 0 Å². The Kier molecular flexibility index (Phi) is 4.20. The van der Waals surface area contributed by atoms with E-state index in [4.69, 9.17) is 0 Å². The zero-order valence-electron chi connectivity index (χ0n) is 14.9. The second kappa shape index (κ2) is 6.01. The molecule has 0 fully saturated rings. The Labute approximate surface area is 140 Å². The van der Waals surface area contributed by atoms with Gasteiger partial charge in [0.2, 0.25) is 0 Å². The van der Waals surface area contributed by atoms with Crippen molar-refractivity contribution in [3.63, 3.8) is 0 Å². The van der Waals surface area contributed by atoms with Crippen LogP contribution in [0.1, 0.15) is 51.4 Å². The zero-order valence-corrected chi connectivity index (χ0v) is 14.9. The fraction of sp³-hybridized carbons (Fsp3) is 0.429. The van der Waals surface area contributed by atoms with Crippen LogP contribution >= 0.6 is 0 Å². The first-order valence-corrected chi connectivity index (χ1v) is 8.53. The van der Waals surface area contributed by atoms with Crippen LogP contribution in [-0.2, 0) is 0 Å². The van der Waals surface area contributed by atoms with Crippen molar-refractivity contribution < 1.29 is 0 Å². The standard InChI is InChI=1S/C21H28N2/c1-15(14-21(2,3)4)22-20-19-11-10-16-8-6-7-9-17(16)18(19)12-13-23(20)5/h6-13,15,20,22H,14H2,1-5H3/t15-,20?/m1/s1. The summed E-state index contributed by atoms with van der Waals surface area (Å²) in [4.78, 5) is 2.27. The molecule has 1 aliphatic rings. The van der Waals surface area contributed by atoms with Crippen LogP contribution in [0, 0.1) is 5.41 Å². The molecule has 2 aromatic carbocycles. The number of benzene rings is 2. The van der Waals surface area contributed by atoms with E-state index in [9.17, 15) is 0 Å². The minimum Gasteiger partial charge on any atom is -0.361 e. The van der Waals surface area contributed by atoms with Gasteiger partial charge in [-0.15, -0.1) is 0 Å². The summed E-state index contributed by atoms with van der Waals surface area (Å²) in [7, 11) is 2.15. The van der Waals surface area contributed by atoms with Gasteiger partial charge in [0.1, 0.15) is 6.17 Å². The number of hydrogen-bond acceptors (Lipinski definition) is 2. The molecule has 0 saturated heterocycles. The van der Waals surface area contributed by atoms with Gasteiger partial charge in [-0.1, -0.05) is 57.2 Å². The fourth-order valence-corrected chi connectivity index (χ4v) is 3.69. The lowest BCUT2D eigenvalue weighted by atomic mass is 9.88. The van der Waals surface area contributed by atoms with Gasteiger partial charge in [-0.2, -0.15) is 0 Å². The highest BCUT2D eigenvalue weighted by Crippen LogP contribution is 2.33. The summed E-state index contributed by atoms with van der Waals surface area (Å²) in [5.41, 5.74) is 3.05. The van der Waals surface area contributed by atoms with Gasteiger partial charge in [-0.25, -0.2) is 0 Å². The molecule has 2 atom stereocenters. The topological polar surface area (TPSA) is 15.3 Å². The van der Waals surface area contributed by atoms with Crippen LogP contribution in [0.3, 0.4) is 0 Å². The maximum absolute atomic E-state index is 3.82. The normalized spacial score (nSPS) is 19.0. The number of fused-ring (bicyclic) bond motifs is 3. The van der Waals surface area contributed by atoms with Gasteiger partial charge in [-0.05, 0) is 46.7 Å². The van der Waals surface area contributed by atoms with E-state index < -0.39 is 0 Å². The zero-order chi connectivity index (χ0) is 16.6. The second-order valence-corrected chi connectivity index (χ2v) is 8.01. The first-order valence-electron chi connectivity index (χ1n) is 8.53. The van der Waals surface area contributed by atoms with Crippen LogP contribution < -0.4 is 5.32 Å². The van der Waals surface area contributed by atoms with Gasteiger partial charge < -0.3 is 4.90 Å². The summed E-state index contributed by atoms with van der Waals surface area (Å²) in [5, 5.41) is 6.47. The Balaban J connectivity index is 1.94. The lowest BCUT2D eigenvalue weighted by molar-refractivity contribution is 0.223. The molecule has 0 bridgehead atoms. The number of nitrogens with one attached hydrogen (secondary N) is 1. The molecule has 3 rings (SSSR count). The van der Waals surface area contributed by atoms with Crippen LogP contribution in [-0.4, -0.2) is 18.0 Å². The highest BCUT2D eigenvalue weighted by Gasteiger charge is 2.25. The minimum absolute atomic E-state index is 0.233. The molecule has 23 heavy (non-hydrogen) atoms. The van der Waals surface area contributed by atoms with Crippen molar-refractivity contribution in [3.8, 4) is 0 Å². The van der Waals surface area contributed by atoms with E-state index in [0.29, 0.717) is 11.5 Å². The quantitative estimate of drug-likeness (QED) is 0.841. The number of rotatable bonds is 3. The average Bonchev–Trinajstić information content (AvgIpc) is 2.48. The Morgan fingerprint density at radius 3 is 2.61 bits per heavy atom. The molecule has 0 radical (unpaired) electrons. The van der Waals surface area contributed by atoms with E-state index in [0.717, 1.165) is 6.42 Å². The maximum Gasteiger partial charge on any atom is 0.106 e. The number of nitrogens with zero attached hydrogens (tertiary/aromatic N) is 1. The summed E-state index contributed by atoms with van der Waals surface area (Å²) < 4.78 is 0. The van der Waals surface area contributed by atoms with Gasteiger partial charge in [0.15, 0.2) is 0 Å². The van der Waals surface area contributed by atoms with E-state index in [-0.39, 0.29) is 6.17 Å². The third-order valence-electron chi connectivity index (χ3n) is 4.54. The highest BCUT2D eigenvalue weighted by molar-refractivity contribution is 5.92. The first kappa shape index (κ1) is 16.1. The molecule has 0 aromatic heterocycles. The summed E-state index contributed by atoms with van der Waals surface area (Å²) in [6.07, 6.45) is 5.82. The fourth-order valence-electron chi connectivity index (χ4n) is 3.69. The van der Waals surface area contributed by atoms with Gasteiger partial charge in [-0.3, -0.25) is 5.32 Å². The second-order valence-electron chi connectivity index (χ2n) is 8.01. The van der Waals surface area contributed by atoms with E-state index in [1.165, 1.54) is 21.9 Å². The summed E-state index contributed by atoms with van der Waals surface area (Å²) >= 11 is 0. The van der Waals surface area contributed by atoms with Crippen molar-refractivity contribution in [2.24, 2.45) is 5.41 Å². The molecule has 122 valence electrons. The van der Waals surface area contributed by atoms with Crippen molar-refractivity contribution >= 4 is 16.8 Å². The summed E-state index contributed by atoms with van der Waals surface area (Å²) in [6, 6.07) is 13.6. The smallest absolute Gasteiger partial charge is 0.106 e. The maximum atomic E-state index is 3.82. The molecule has 0 spiro atoms. The Bertz CT molecular complexity index is 724. The van der Waals surface area contributed by atoms with Crippen molar-refractivity contribution in [3.05, 3.63) is 53.7 Å². The van der Waals surface area contributed by atoms with Crippen molar-refractivity contribution in [1.82, 2.24) is 10.2 Å². The molecule has 2 nitrogen and oxygen atoms in total. The largest absolute Gasteiger partial charge is 0.361 e. The minimum atomic E-state index is 0.233. The van der Waals surface area contributed by atoms with Crippen molar-refractivity contribution in [2.75, 3.05) is 7.05 Å². The third kappa shape index (κ3) is 3.42. The molecule has 0 saturated carbocycles. The van der Waals surface area contributed by atoms with Gasteiger partial charge in [0.25, 0.3) is 0 Å². The molecule has 1 unspecified atom stereocenters. The molecular weight excluding hydrogens is 280 g/mol. The molecule has 0 aliphatic carbocycles. The molecular formula is C21H28N2. The van der Waals surface area contributed by atoms with Crippen LogP contribution in [0.2, 0.25) is 0 Å². The van der Waals surface area contributed by atoms with Gasteiger partial charge >= 0.3 is 0 Å². The van der Waals surface area contributed by atoms with Gasteiger partial charge in [0.05, 0.1) is 0 Å². The lowest BCUT2D eigenvalue weighted by Crippen LogP contribution is -2.41. The predicted molar refractivity (Wildman–Crippen MR) is 100 cm³/mol. The Hall–Kier alpha value is -1.80. The number of hydrogen-bond donors (Lipinski definition) is 1. The van der Waals surface area contributed by atoms with E-state index in [1.54, 1.807) is 0 Å². The summed E-state index contributed by atoms with van der Waals surface area (Å²) in [6.45, 7) is 9.20. The Morgan fingerprint density at radius 2 is 1.87 bits per heavy atom. The predicted octanol–water partition coefficient (Wildman–Crippen LogP) is 5.17.